The van der Waals surface area contributed by atoms with E-state index < -0.39 is 0 Å². The molecule has 2 unspecified atom stereocenters. The monoisotopic (exact) mass is 331 g/mol. The van der Waals surface area contributed by atoms with E-state index in [0.717, 1.165) is 16.7 Å². The lowest BCUT2D eigenvalue weighted by Crippen LogP contribution is -2.38. The van der Waals surface area contributed by atoms with Crippen LogP contribution in [0.25, 0.3) is 0 Å². The van der Waals surface area contributed by atoms with Crippen molar-refractivity contribution < 1.29 is 9.21 Å². The molecule has 18 heavy (non-hydrogen) atoms. The summed E-state index contributed by atoms with van der Waals surface area (Å²) in [7, 11) is 0. The number of thioether (sulfide) groups is 1. The van der Waals surface area contributed by atoms with E-state index in [1.165, 1.54) is 12.8 Å². The lowest BCUT2D eigenvalue weighted by molar-refractivity contribution is 0.0936. The van der Waals surface area contributed by atoms with Crippen LogP contribution >= 0.6 is 27.7 Å². The molecule has 1 heterocycles. The fourth-order valence-corrected chi connectivity index (χ4v) is 4.00. The second kappa shape index (κ2) is 5.70. The van der Waals surface area contributed by atoms with Crippen LogP contribution in [0.1, 0.15) is 41.1 Å². The maximum Gasteiger partial charge on any atom is 0.256 e. The minimum absolute atomic E-state index is 0.0258. The van der Waals surface area contributed by atoms with Gasteiger partial charge in [0.25, 0.3) is 5.91 Å². The van der Waals surface area contributed by atoms with Gasteiger partial charge in [0.2, 0.25) is 0 Å². The average Bonchev–Trinajstić information content (AvgIpc) is 2.85. The normalized spacial score (nSPS) is 23.3. The molecule has 0 aromatic carbocycles. The van der Waals surface area contributed by atoms with Gasteiger partial charge in [0, 0.05) is 11.3 Å². The summed E-state index contributed by atoms with van der Waals surface area (Å²) >= 11 is 5.26. The van der Waals surface area contributed by atoms with Crippen LogP contribution in [-0.4, -0.2) is 23.5 Å². The minimum atomic E-state index is -0.0258. The maximum absolute atomic E-state index is 12.3. The van der Waals surface area contributed by atoms with Crippen LogP contribution in [0.4, 0.5) is 0 Å². The van der Waals surface area contributed by atoms with Gasteiger partial charge < -0.3 is 9.73 Å². The predicted molar refractivity (Wildman–Crippen MR) is 78.3 cm³/mol. The van der Waals surface area contributed by atoms with Crippen LogP contribution in [0.2, 0.25) is 0 Å². The maximum atomic E-state index is 12.3. The van der Waals surface area contributed by atoms with Crippen LogP contribution in [0.5, 0.6) is 0 Å². The molecule has 5 heteroatoms. The Morgan fingerprint density at radius 3 is 2.67 bits per heavy atom. The van der Waals surface area contributed by atoms with E-state index in [-0.39, 0.29) is 11.9 Å². The van der Waals surface area contributed by atoms with Gasteiger partial charge in [0.1, 0.15) is 11.5 Å². The Morgan fingerprint density at radius 2 is 2.11 bits per heavy atom. The van der Waals surface area contributed by atoms with Crippen LogP contribution in [-0.2, 0) is 0 Å². The van der Waals surface area contributed by atoms with E-state index >= 15 is 0 Å². The van der Waals surface area contributed by atoms with Gasteiger partial charge in [-0.1, -0.05) is 6.42 Å². The van der Waals surface area contributed by atoms with Gasteiger partial charge in [-0.15, -0.1) is 0 Å². The summed E-state index contributed by atoms with van der Waals surface area (Å²) in [4.78, 5) is 12.3. The number of carbonyl (C=O) groups excluding carboxylic acids is 1. The van der Waals surface area contributed by atoms with Crippen LogP contribution in [0.3, 0.4) is 0 Å². The van der Waals surface area contributed by atoms with Gasteiger partial charge in [-0.25, -0.2) is 0 Å². The Kier molecular flexibility index (Phi) is 4.43. The van der Waals surface area contributed by atoms with Gasteiger partial charge >= 0.3 is 0 Å². The Hall–Kier alpha value is -0.420. The second-order valence-electron chi connectivity index (χ2n) is 4.69. The third-order valence-electron chi connectivity index (χ3n) is 3.49. The van der Waals surface area contributed by atoms with Crippen LogP contribution in [0.15, 0.2) is 8.89 Å². The number of hydrogen-bond donors (Lipinski definition) is 1. The molecule has 0 aliphatic heterocycles. The summed E-state index contributed by atoms with van der Waals surface area (Å²) < 4.78 is 6.25. The number of carbonyl (C=O) groups is 1. The molecule has 0 bridgehead atoms. The number of halogens is 1. The molecule has 1 aliphatic carbocycles. The van der Waals surface area contributed by atoms with Gasteiger partial charge in [0.05, 0.1) is 10.0 Å². The number of rotatable bonds is 3. The van der Waals surface area contributed by atoms with Crippen LogP contribution < -0.4 is 5.32 Å². The quantitative estimate of drug-likeness (QED) is 0.918. The molecule has 2 atom stereocenters. The number of hydrogen-bond acceptors (Lipinski definition) is 3. The predicted octanol–water partition coefficient (Wildman–Crippen LogP) is 3.67. The summed E-state index contributed by atoms with van der Waals surface area (Å²) in [5.41, 5.74) is 0.638. The first-order valence-electron chi connectivity index (χ1n) is 6.13. The molecule has 1 N–H and O–H groups in total. The van der Waals surface area contributed by atoms with E-state index in [1.54, 1.807) is 0 Å². The van der Waals surface area contributed by atoms with E-state index in [2.05, 4.69) is 27.5 Å². The summed E-state index contributed by atoms with van der Waals surface area (Å²) in [6.07, 6.45) is 5.57. The third kappa shape index (κ3) is 2.62. The largest absolute Gasteiger partial charge is 0.465 e. The zero-order valence-electron chi connectivity index (χ0n) is 10.9. The molecular formula is C13H18BrNO2S. The highest BCUT2D eigenvalue weighted by molar-refractivity contribution is 9.10. The second-order valence-corrected chi connectivity index (χ2v) is 6.56. The number of nitrogens with one attached hydrogen (secondary N) is 1. The average molecular weight is 332 g/mol. The van der Waals surface area contributed by atoms with Gasteiger partial charge in [-0.05, 0) is 48.9 Å². The van der Waals surface area contributed by atoms with E-state index in [4.69, 9.17) is 4.42 Å². The zero-order valence-corrected chi connectivity index (χ0v) is 13.3. The molecular weight excluding hydrogens is 314 g/mol. The van der Waals surface area contributed by atoms with Crippen molar-refractivity contribution in [2.24, 2.45) is 0 Å². The molecule has 100 valence electrons. The van der Waals surface area contributed by atoms with Crippen molar-refractivity contribution in [3.05, 3.63) is 21.6 Å². The van der Waals surface area contributed by atoms with Crippen molar-refractivity contribution in [2.75, 3.05) is 6.26 Å². The fourth-order valence-electron chi connectivity index (χ4n) is 2.53. The molecule has 2 rings (SSSR count). The van der Waals surface area contributed by atoms with Crippen molar-refractivity contribution in [3.63, 3.8) is 0 Å². The first-order valence-corrected chi connectivity index (χ1v) is 8.21. The first-order chi connectivity index (χ1) is 8.54. The van der Waals surface area contributed by atoms with Crippen molar-refractivity contribution in [1.29, 1.82) is 0 Å². The zero-order chi connectivity index (χ0) is 13.3. The summed E-state index contributed by atoms with van der Waals surface area (Å²) in [5.74, 6) is 1.41. The standard InChI is InChI=1S/C13H18BrNO2S/c1-7-11(12(14)8(2)17-7)13(16)15-9-5-4-6-10(9)18-3/h9-10H,4-6H2,1-3H3,(H,15,16). The summed E-state index contributed by atoms with van der Waals surface area (Å²) in [6.45, 7) is 3.68. The SMILES string of the molecule is CSC1CCCC1NC(=O)c1c(C)oc(C)c1Br. The van der Waals surface area contributed by atoms with Crippen LogP contribution in [0, 0.1) is 13.8 Å². The minimum Gasteiger partial charge on any atom is -0.465 e. The van der Waals surface area contributed by atoms with Gasteiger partial charge in [-0.3, -0.25) is 4.79 Å². The van der Waals surface area contributed by atoms with Crippen molar-refractivity contribution in [3.8, 4) is 0 Å². The molecule has 0 radical (unpaired) electrons. The molecule has 0 saturated heterocycles. The molecule has 0 spiro atoms. The van der Waals surface area contributed by atoms with E-state index in [0.29, 0.717) is 16.6 Å². The van der Waals surface area contributed by atoms with Crippen molar-refractivity contribution in [1.82, 2.24) is 5.32 Å². The lowest BCUT2D eigenvalue weighted by Gasteiger charge is -2.19. The highest BCUT2D eigenvalue weighted by Gasteiger charge is 2.29. The Labute approximate surface area is 120 Å². The number of amides is 1. The highest BCUT2D eigenvalue weighted by Crippen LogP contribution is 2.30. The molecule has 1 fully saturated rings. The lowest BCUT2D eigenvalue weighted by atomic mass is 10.2. The highest BCUT2D eigenvalue weighted by atomic mass is 79.9. The van der Waals surface area contributed by atoms with Crippen molar-refractivity contribution in [2.45, 2.75) is 44.4 Å². The smallest absolute Gasteiger partial charge is 0.256 e. The number of aryl methyl sites for hydroxylation is 2. The Morgan fingerprint density at radius 1 is 1.39 bits per heavy atom. The van der Waals surface area contributed by atoms with E-state index in [1.807, 2.05) is 25.6 Å². The van der Waals surface area contributed by atoms with E-state index in [9.17, 15) is 4.79 Å². The summed E-state index contributed by atoms with van der Waals surface area (Å²) in [5, 5.41) is 3.68. The van der Waals surface area contributed by atoms with Gasteiger partial charge in [0.15, 0.2) is 0 Å². The fraction of sp³-hybridized carbons (Fsp3) is 0.615. The van der Waals surface area contributed by atoms with Crippen molar-refractivity contribution >= 4 is 33.6 Å². The summed E-state index contributed by atoms with van der Waals surface area (Å²) in [6, 6.07) is 0.286. The molecule has 1 aromatic heterocycles. The topological polar surface area (TPSA) is 42.2 Å². The molecule has 1 aromatic rings. The first kappa shape index (κ1) is 14.0. The van der Waals surface area contributed by atoms with Gasteiger partial charge in [-0.2, -0.15) is 11.8 Å². The Balaban J connectivity index is 2.12. The molecule has 1 aliphatic rings. The molecule has 3 nitrogen and oxygen atoms in total. The third-order valence-corrected chi connectivity index (χ3v) is 5.61. The molecule has 1 saturated carbocycles. The molecule has 1 amide bonds. The Bertz CT molecular complexity index is 458. The number of furan rings is 1.